The van der Waals surface area contributed by atoms with Gasteiger partial charge in [0.25, 0.3) is 5.91 Å². The monoisotopic (exact) mass is 431 g/mol. The third-order valence-corrected chi connectivity index (χ3v) is 7.52. The van der Waals surface area contributed by atoms with Crippen LogP contribution in [0.25, 0.3) is 0 Å². The molecule has 160 valence electrons. The van der Waals surface area contributed by atoms with Gasteiger partial charge in [-0.3, -0.25) is 9.59 Å². The van der Waals surface area contributed by atoms with Crippen LogP contribution >= 0.6 is 0 Å². The lowest BCUT2D eigenvalue weighted by molar-refractivity contribution is -0.119. The van der Waals surface area contributed by atoms with Gasteiger partial charge in [-0.15, -0.1) is 0 Å². The molecule has 8 nitrogen and oxygen atoms in total. The Kier molecular flexibility index (Phi) is 5.66. The minimum absolute atomic E-state index is 0.0905. The van der Waals surface area contributed by atoms with Gasteiger partial charge >= 0.3 is 0 Å². The zero-order valence-corrected chi connectivity index (χ0v) is 17.7. The van der Waals surface area contributed by atoms with Gasteiger partial charge in [-0.05, 0) is 61.6 Å². The highest BCUT2D eigenvalue weighted by atomic mass is 32.2. The van der Waals surface area contributed by atoms with Crippen molar-refractivity contribution in [3.63, 3.8) is 0 Å². The summed E-state index contributed by atoms with van der Waals surface area (Å²) in [6, 6.07) is 8.17. The summed E-state index contributed by atoms with van der Waals surface area (Å²) in [4.78, 5) is 28.5. The molecule has 0 unspecified atom stereocenters. The zero-order chi connectivity index (χ0) is 21.3. The number of fused-ring (bicyclic) bond motifs is 1. The number of hydrogen-bond acceptors (Lipinski definition) is 5. The molecule has 30 heavy (non-hydrogen) atoms. The van der Waals surface area contributed by atoms with Crippen molar-refractivity contribution in [1.29, 1.82) is 0 Å². The van der Waals surface area contributed by atoms with E-state index in [0.29, 0.717) is 31.7 Å². The Balaban J connectivity index is 1.52. The van der Waals surface area contributed by atoms with Crippen molar-refractivity contribution in [2.75, 3.05) is 38.1 Å². The highest BCUT2D eigenvalue weighted by Gasteiger charge is 2.30. The van der Waals surface area contributed by atoms with Gasteiger partial charge in [0.2, 0.25) is 15.9 Å². The first-order chi connectivity index (χ1) is 14.4. The number of carbonyl (C=O) groups excluding carboxylic acids is 2. The number of carbonyl (C=O) groups is 2. The van der Waals surface area contributed by atoms with Crippen molar-refractivity contribution in [3.05, 3.63) is 47.9 Å². The van der Waals surface area contributed by atoms with Crippen LogP contribution in [0.15, 0.2) is 45.9 Å². The number of amides is 2. The van der Waals surface area contributed by atoms with Crippen LogP contribution in [-0.4, -0.2) is 62.7 Å². The molecule has 1 fully saturated rings. The first kappa shape index (κ1) is 20.6. The van der Waals surface area contributed by atoms with E-state index < -0.39 is 10.0 Å². The lowest BCUT2D eigenvalue weighted by atomic mass is 10.0. The molecule has 0 saturated carbocycles. The number of nitrogens with zero attached hydrogens (tertiary/aromatic N) is 3. The number of furan rings is 1. The van der Waals surface area contributed by atoms with Gasteiger partial charge in [0, 0.05) is 32.4 Å². The van der Waals surface area contributed by atoms with E-state index in [2.05, 4.69) is 0 Å². The minimum atomic E-state index is -3.50. The SMILES string of the molecule is CN(CC(=O)N1CCCc2cc(S(=O)(=O)N3CCCC3)ccc21)C(=O)c1ccco1. The Bertz CT molecular complexity index is 1040. The quantitative estimate of drug-likeness (QED) is 0.723. The molecule has 4 rings (SSSR count). The normalized spacial score (nSPS) is 17.0. The molecule has 3 heterocycles. The molecule has 0 radical (unpaired) electrons. The summed E-state index contributed by atoms with van der Waals surface area (Å²) in [7, 11) is -1.94. The molecule has 9 heteroatoms. The van der Waals surface area contributed by atoms with Crippen molar-refractivity contribution in [2.24, 2.45) is 0 Å². The highest BCUT2D eigenvalue weighted by Crippen LogP contribution is 2.31. The Morgan fingerprint density at radius 2 is 1.87 bits per heavy atom. The van der Waals surface area contributed by atoms with E-state index in [1.165, 1.54) is 15.5 Å². The van der Waals surface area contributed by atoms with E-state index in [-0.39, 0.29) is 29.0 Å². The second-order valence-corrected chi connectivity index (χ2v) is 9.63. The van der Waals surface area contributed by atoms with Crippen LogP contribution in [0, 0.1) is 0 Å². The van der Waals surface area contributed by atoms with E-state index in [0.717, 1.165) is 24.8 Å². The molecule has 1 aromatic carbocycles. The van der Waals surface area contributed by atoms with Gasteiger partial charge in [-0.2, -0.15) is 4.31 Å². The van der Waals surface area contributed by atoms with Gasteiger partial charge < -0.3 is 14.2 Å². The molecule has 0 spiro atoms. The second kappa shape index (κ2) is 8.23. The molecule has 2 aliphatic rings. The first-order valence-electron chi connectivity index (χ1n) is 10.1. The molecule has 2 amide bonds. The maximum atomic E-state index is 12.9. The Labute approximate surface area is 176 Å². The van der Waals surface area contributed by atoms with Gasteiger partial charge in [0.05, 0.1) is 11.2 Å². The summed E-state index contributed by atoms with van der Waals surface area (Å²) >= 11 is 0. The maximum absolute atomic E-state index is 12.9. The number of anilines is 1. The van der Waals surface area contributed by atoms with Gasteiger partial charge in [-0.1, -0.05) is 0 Å². The molecule has 1 saturated heterocycles. The summed E-state index contributed by atoms with van der Waals surface area (Å²) in [5, 5.41) is 0. The predicted molar refractivity (Wildman–Crippen MR) is 111 cm³/mol. The van der Waals surface area contributed by atoms with E-state index in [9.17, 15) is 18.0 Å². The molecular formula is C21H25N3O5S. The fourth-order valence-corrected chi connectivity index (χ4v) is 5.59. The fourth-order valence-electron chi connectivity index (χ4n) is 4.02. The van der Waals surface area contributed by atoms with Crippen LogP contribution in [0.2, 0.25) is 0 Å². The number of hydrogen-bond donors (Lipinski definition) is 0. The van der Waals surface area contributed by atoms with Crippen LogP contribution in [0.3, 0.4) is 0 Å². The Morgan fingerprint density at radius 1 is 1.10 bits per heavy atom. The van der Waals surface area contributed by atoms with E-state index in [1.807, 2.05) is 0 Å². The zero-order valence-electron chi connectivity index (χ0n) is 16.9. The van der Waals surface area contributed by atoms with Crippen LogP contribution in [0.4, 0.5) is 5.69 Å². The standard InChI is InChI=1S/C21H25N3O5S/c1-22(21(26)19-7-5-13-29-19)15-20(25)24-12-4-6-16-14-17(8-9-18(16)24)30(27,28)23-10-2-3-11-23/h5,7-9,13-14H,2-4,6,10-12,15H2,1H3. The number of sulfonamides is 1. The fraction of sp³-hybridized carbons (Fsp3) is 0.429. The number of rotatable bonds is 5. The summed E-state index contributed by atoms with van der Waals surface area (Å²) in [5.41, 5.74) is 1.56. The van der Waals surface area contributed by atoms with Gasteiger partial charge in [-0.25, -0.2) is 8.42 Å². The largest absolute Gasteiger partial charge is 0.459 e. The van der Waals surface area contributed by atoms with Crippen molar-refractivity contribution in [3.8, 4) is 0 Å². The molecule has 0 atom stereocenters. The third kappa shape index (κ3) is 3.87. The molecule has 2 aromatic rings. The number of benzene rings is 1. The number of likely N-dealkylation sites (N-methyl/N-ethyl adjacent to an activating group) is 1. The van der Waals surface area contributed by atoms with Crippen LogP contribution in [0.5, 0.6) is 0 Å². The lowest BCUT2D eigenvalue weighted by Gasteiger charge is -2.31. The van der Waals surface area contributed by atoms with Crippen molar-refractivity contribution < 1.29 is 22.4 Å². The highest BCUT2D eigenvalue weighted by molar-refractivity contribution is 7.89. The minimum Gasteiger partial charge on any atom is -0.459 e. The summed E-state index contributed by atoms with van der Waals surface area (Å²) in [5.74, 6) is -0.396. The average Bonchev–Trinajstić information content (AvgIpc) is 3.46. The molecule has 0 N–H and O–H groups in total. The van der Waals surface area contributed by atoms with E-state index in [4.69, 9.17) is 4.42 Å². The Hall–Kier alpha value is -2.65. The maximum Gasteiger partial charge on any atom is 0.289 e. The Morgan fingerprint density at radius 3 is 2.57 bits per heavy atom. The molecule has 0 bridgehead atoms. The first-order valence-corrected chi connectivity index (χ1v) is 11.5. The summed E-state index contributed by atoms with van der Waals surface area (Å²) < 4.78 is 32.4. The van der Waals surface area contributed by atoms with Crippen molar-refractivity contribution in [2.45, 2.75) is 30.6 Å². The predicted octanol–water partition coefficient (Wildman–Crippen LogP) is 2.12. The number of aryl methyl sites for hydroxylation is 1. The van der Waals surface area contributed by atoms with Crippen molar-refractivity contribution in [1.82, 2.24) is 9.21 Å². The van der Waals surface area contributed by atoms with Crippen LogP contribution in [-0.2, 0) is 21.2 Å². The van der Waals surface area contributed by atoms with Crippen LogP contribution in [0.1, 0.15) is 35.4 Å². The van der Waals surface area contributed by atoms with Gasteiger partial charge in [0.1, 0.15) is 6.54 Å². The summed E-state index contributed by atoms with van der Waals surface area (Å²) in [6.07, 6.45) is 4.64. The molecular weight excluding hydrogens is 406 g/mol. The third-order valence-electron chi connectivity index (χ3n) is 5.62. The molecule has 2 aliphatic heterocycles. The smallest absolute Gasteiger partial charge is 0.289 e. The molecule has 1 aromatic heterocycles. The van der Waals surface area contributed by atoms with Gasteiger partial charge in [0.15, 0.2) is 5.76 Å². The average molecular weight is 432 g/mol. The topological polar surface area (TPSA) is 91.1 Å². The van der Waals surface area contributed by atoms with E-state index in [1.54, 1.807) is 42.3 Å². The van der Waals surface area contributed by atoms with Crippen molar-refractivity contribution >= 4 is 27.5 Å². The summed E-state index contributed by atoms with van der Waals surface area (Å²) in [6.45, 7) is 1.56. The van der Waals surface area contributed by atoms with E-state index >= 15 is 0 Å². The second-order valence-electron chi connectivity index (χ2n) is 7.69. The lowest BCUT2D eigenvalue weighted by Crippen LogP contribution is -2.43. The molecule has 0 aliphatic carbocycles. The van der Waals surface area contributed by atoms with Crippen LogP contribution < -0.4 is 4.90 Å².